The van der Waals surface area contributed by atoms with Gasteiger partial charge in [0.05, 0.1) is 17.6 Å². The van der Waals surface area contributed by atoms with Gasteiger partial charge in [0.2, 0.25) is 11.8 Å². The molecule has 2 amide bonds. The third-order valence-corrected chi connectivity index (χ3v) is 4.75. The summed E-state index contributed by atoms with van der Waals surface area (Å²) >= 11 is 0. The van der Waals surface area contributed by atoms with E-state index in [1.165, 1.54) is 6.42 Å². The number of anilines is 1. The van der Waals surface area contributed by atoms with E-state index in [0.29, 0.717) is 19.0 Å². The summed E-state index contributed by atoms with van der Waals surface area (Å²) in [7, 11) is 0. The first-order valence-corrected chi connectivity index (χ1v) is 7.74. The van der Waals surface area contributed by atoms with Crippen molar-refractivity contribution in [3.05, 3.63) is 24.4 Å². The number of likely N-dealkylation sites (tertiary alicyclic amines) is 1. The second kappa shape index (κ2) is 5.12. The number of nitrogens with one attached hydrogen (secondary N) is 2. The summed E-state index contributed by atoms with van der Waals surface area (Å²) in [6, 6.07) is 6.00. The van der Waals surface area contributed by atoms with Gasteiger partial charge in [-0.3, -0.25) is 14.7 Å². The molecule has 0 radical (unpaired) electrons. The van der Waals surface area contributed by atoms with Crippen molar-refractivity contribution in [2.45, 2.75) is 31.7 Å². The number of aromatic amines is 1. The predicted octanol–water partition coefficient (Wildman–Crippen LogP) is 1.90. The number of carbonyl (C=O) groups is 2. The number of nitrogens with zero attached hydrogens (tertiary/aromatic N) is 2. The van der Waals surface area contributed by atoms with Crippen LogP contribution in [0.2, 0.25) is 0 Å². The molecule has 0 bridgehead atoms. The lowest BCUT2D eigenvalue weighted by Crippen LogP contribution is -2.41. The van der Waals surface area contributed by atoms with Gasteiger partial charge < -0.3 is 10.2 Å². The Morgan fingerprint density at radius 3 is 3.00 bits per heavy atom. The van der Waals surface area contributed by atoms with Gasteiger partial charge in [-0.15, -0.1) is 0 Å². The number of amides is 2. The molecule has 1 aromatic heterocycles. The van der Waals surface area contributed by atoms with E-state index in [4.69, 9.17) is 0 Å². The number of H-pyrrole nitrogens is 1. The van der Waals surface area contributed by atoms with Crippen molar-refractivity contribution in [2.24, 2.45) is 5.92 Å². The Kier molecular flexibility index (Phi) is 3.10. The highest BCUT2D eigenvalue weighted by Gasteiger charge is 2.39. The molecule has 2 aliphatic rings. The molecule has 1 aromatic carbocycles. The van der Waals surface area contributed by atoms with Crippen LogP contribution in [0, 0.1) is 5.92 Å². The molecule has 22 heavy (non-hydrogen) atoms. The molecule has 4 rings (SSSR count). The number of fused-ring (bicyclic) bond motifs is 1. The van der Waals surface area contributed by atoms with Crippen LogP contribution in [0.3, 0.4) is 0 Å². The molecule has 2 fully saturated rings. The second-order valence-corrected chi connectivity index (χ2v) is 6.19. The van der Waals surface area contributed by atoms with Crippen LogP contribution in [-0.2, 0) is 9.59 Å². The van der Waals surface area contributed by atoms with Crippen molar-refractivity contribution in [3.8, 4) is 0 Å². The number of aromatic nitrogens is 2. The first-order valence-electron chi connectivity index (χ1n) is 7.74. The van der Waals surface area contributed by atoms with Gasteiger partial charge in [-0.2, -0.15) is 5.10 Å². The zero-order chi connectivity index (χ0) is 15.1. The van der Waals surface area contributed by atoms with Crippen LogP contribution in [-0.4, -0.2) is 39.5 Å². The standard InChI is InChI=1S/C16H18N4O2/c21-15-6-11(9-20(15)13-2-1-3-13)16(22)18-12-5-4-10-8-17-19-14(10)7-12/h4-5,7-8,11,13H,1-3,6,9H2,(H,17,19)(H,18,22). The van der Waals surface area contributed by atoms with Crippen LogP contribution >= 0.6 is 0 Å². The third-order valence-electron chi connectivity index (χ3n) is 4.75. The maximum absolute atomic E-state index is 12.4. The molecule has 1 saturated heterocycles. The minimum absolute atomic E-state index is 0.0750. The Morgan fingerprint density at radius 1 is 1.36 bits per heavy atom. The molecule has 114 valence electrons. The summed E-state index contributed by atoms with van der Waals surface area (Å²) < 4.78 is 0. The van der Waals surface area contributed by atoms with Crippen LogP contribution in [0.15, 0.2) is 24.4 Å². The fraction of sp³-hybridized carbons (Fsp3) is 0.438. The maximum Gasteiger partial charge on any atom is 0.229 e. The topological polar surface area (TPSA) is 78.1 Å². The summed E-state index contributed by atoms with van der Waals surface area (Å²) in [6.45, 7) is 0.557. The summed E-state index contributed by atoms with van der Waals surface area (Å²) in [5.41, 5.74) is 1.62. The zero-order valence-corrected chi connectivity index (χ0v) is 12.2. The summed E-state index contributed by atoms with van der Waals surface area (Å²) in [5.74, 6) is -0.200. The smallest absolute Gasteiger partial charge is 0.229 e. The van der Waals surface area contributed by atoms with E-state index < -0.39 is 0 Å². The van der Waals surface area contributed by atoms with Crippen LogP contribution in [0.4, 0.5) is 5.69 Å². The molecule has 1 aliphatic heterocycles. The quantitative estimate of drug-likeness (QED) is 0.908. The molecule has 2 heterocycles. The van der Waals surface area contributed by atoms with Crippen LogP contribution in [0.25, 0.3) is 10.9 Å². The molecule has 1 aliphatic carbocycles. The monoisotopic (exact) mass is 298 g/mol. The number of benzene rings is 1. The Labute approximate surface area is 127 Å². The summed E-state index contributed by atoms with van der Waals surface area (Å²) in [6.07, 6.45) is 5.42. The number of carbonyl (C=O) groups excluding carboxylic acids is 2. The fourth-order valence-corrected chi connectivity index (χ4v) is 3.22. The normalized spacial score (nSPS) is 22.1. The third kappa shape index (κ3) is 2.24. The lowest BCUT2D eigenvalue weighted by molar-refractivity contribution is -0.131. The highest BCUT2D eigenvalue weighted by atomic mass is 16.2. The van der Waals surface area contributed by atoms with Gasteiger partial charge in [0, 0.05) is 30.1 Å². The second-order valence-electron chi connectivity index (χ2n) is 6.19. The minimum Gasteiger partial charge on any atom is -0.339 e. The average Bonchev–Trinajstić information content (AvgIpc) is 3.04. The molecule has 1 unspecified atom stereocenters. The Morgan fingerprint density at radius 2 is 2.23 bits per heavy atom. The number of hydrogen-bond donors (Lipinski definition) is 2. The number of hydrogen-bond acceptors (Lipinski definition) is 3. The predicted molar refractivity (Wildman–Crippen MR) is 82.2 cm³/mol. The van der Waals surface area contributed by atoms with Crippen LogP contribution in [0.5, 0.6) is 0 Å². The van der Waals surface area contributed by atoms with E-state index in [1.807, 2.05) is 23.1 Å². The van der Waals surface area contributed by atoms with E-state index in [2.05, 4.69) is 15.5 Å². The average molecular weight is 298 g/mol. The van der Waals surface area contributed by atoms with Gasteiger partial charge in [0.1, 0.15) is 0 Å². The van der Waals surface area contributed by atoms with Crippen LogP contribution < -0.4 is 5.32 Å². The molecular weight excluding hydrogens is 280 g/mol. The molecule has 1 atom stereocenters. The van der Waals surface area contributed by atoms with E-state index >= 15 is 0 Å². The SMILES string of the molecule is O=C(Nc1ccc2cn[nH]c2c1)C1CC(=O)N(C2CCC2)C1. The Hall–Kier alpha value is -2.37. The van der Waals surface area contributed by atoms with E-state index in [9.17, 15) is 9.59 Å². The zero-order valence-electron chi connectivity index (χ0n) is 12.2. The Bertz CT molecular complexity index is 735. The summed E-state index contributed by atoms with van der Waals surface area (Å²) in [4.78, 5) is 26.3. The highest BCUT2D eigenvalue weighted by Crippen LogP contribution is 2.31. The molecular formula is C16H18N4O2. The van der Waals surface area contributed by atoms with Crippen LogP contribution in [0.1, 0.15) is 25.7 Å². The van der Waals surface area contributed by atoms with Crippen molar-refractivity contribution in [1.29, 1.82) is 0 Å². The van der Waals surface area contributed by atoms with Crippen molar-refractivity contribution in [2.75, 3.05) is 11.9 Å². The molecule has 2 N–H and O–H groups in total. The van der Waals surface area contributed by atoms with E-state index in [0.717, 1.165) is 29.4 Å². The fourth-order valence-electron chi connectivity index (χ4n) is 3.22. The van der Waals surface area contributed by atoms with Gasteiger partial charge in [0.25, 0.3) is 0 Å². The van der Waals surface area contributed by atoms with Gasteiger partial charge in [-0.1, -0.05) is 0 Å². The van der Waals surface area contributed by atoms with Crippen molar-refractivity contribution in [3.63, 3.8) is 0 Å². The first kappa shape index (κ1) is 13.3. The highest BCUT2D eigenvalue weighted by molar-refractivity contribution is 5.98. The van der Waals surface area contributed by atoms with Crippen molar-refractivity contribution in [1.82, 2.24) is 15.1 Å². The lowest BCUT2D eigenvalue weighted by atomic mass is 9.92. The lowest BCUT2D eigenvalue weighted by Gasteiger charge is -2.34. The number of rotatable bonds is 3. The van der Waals surface area contributed by atoms with E-state index in [1.54, 1.807) is 6.20 Å². The van der Waals surface area contributed by atoms with Gasteiger partial charge in [-0.05, 0) is 37.5 Å². The molecule has 1 saturated carbocycles. The maximum atomic E-state index is 12.4. The Balaban J connectivity index is 1.44. The van der Waals surface area contributed by atoms with Gasteiger partial charge in [-0.25, -0.2) is 0 Å². The largest absolute Gasteiger partial charge is 0.339 e. The molecule has 6 heteroatoms. The minimum atomic E-state index is -0.245. The van der Waals surface area contributed by atoms with E-state index in [-0.39, 0.29) is 17.7 Å². The molecule has 6 nitrogen and oxygen atoms in total. The van der Waals surface area contributed by atoms with Gasteiger partial charge >= 0.3 is 0 Å². The van der Waals surface area contributed by atoms with Gasteiger partial charge in [0.15, 0.2) is 0 Å². The van der Waals surface area contributed by atoms with Crippen molar-refractivity contribution >= 4 is 28.4 Å². The first-order chi connectivity index (χ1) is 10.7. The molecule has 2 aromatic rings. The summed E-state index contributed by atoms with van der Waals surface area (Å²) in [5, 5.41) is 10.8. The van der Waals surface area contributed by atoms with Crippen molar-refractivity contribution < 1.29 is 9.59 Å². The molecule has 0 spiro atoms.